The van der Waals surface area contributed by atoms with Crippen LogP contribution < -0.4 is 5.73 Å². The number of nitrogens with zero attached hydrogens (tertiary/aromatic N) is 2. The van der Waals surface area contributed by atoms with Crippen molar-refractivity contribution < 1.29 is 4.74 Å². The normalized spacial score (nSPS) is 18.3. The molecule has 1 saturated heterocycles. The molecular weight excluding hydrogens is 142 g/mol. The van der Waals surface area contributed by atoms with Crippen LogP contribution in [-0.2, 0) is 11.3 Å². The second kappa shape index (κ2) is 2.64. The number of nitrogens with two attached hydrogens (primary N) is 1. The van der Waals surface area contributed by atoms with E-state index in [1.165, 1.54) is 0 Å². The summed E-state index contributed by atoms with van der Waals surface area (Å²) in [6.45, 7) is 2.13. The molecule has 0 atom stereocenters. The standard InChI is InChI=1S/C7H11N3O/c8-1-6-2-9-10(3-6)7-4-11-5-7/h2-3,7H,1,4-5,8H2. The van der Waals surface area contributed by atoms with Gasteiger partial charge >= 0.3 is 0 Å². The van der Waals surface area contributed by atoms with Crippen LogP contribution in [0.4, 0.5) is 0 Å². The fraction of sp³-hybridized carbons (Fsp3) is 0.571. The van der Waals surface area contributed by atoms with Crippen LogP contribution in [-0.4, -0.2) is 23.0 Å². The zero-order valence-corrected chi connectivity index (χ0v) is 6.23. The second-order valence-electron chi connectivity index (χ2n) is 2.72. The highest BCUT2D eigenvalue weighted by atomic mass is 16.5. The minimum atomic E-state index is 0.440. The van der Waals surface area contributed by atoms with Gasteiger partial charge in [0.2, 0.25) is 0 Å². The molecule has 0 saturated carbocycles. The van der Waals surface area contributed by atoms with Gasteiger partial charge in [-0.15, -0.1) is 0 Å². The van der Waals surface area contributed by atoms with Crippen molar-refractivity contribution >= 4 is 0 Å². The summed E-state index contributed by atoms with van der Waals surface area (Å²) in [5.41, 5.74) is 6.52. The van der Waals surface area contributed by atoms with Gasteiger partial charge in [-0.2, -0.15) is 5.10 Å². The van der Waals surface area contributed by atoms with Gasteiger partial charge in [0.1, 0.15) is 0 Å². The number of ether oxygens (including phenoxy) is 1. The number of hydrogen-bond donors (Lipinski definition) is 1. The highest BCUT2D eigenvalue weighted by molar-refractivity contribution is 5.03. The van der Waals surface area contributed by atoms with Crippen LogP contribution in [0, 0.1) is 0 Å². The van der Waals surface area contributed by atoms with E-state index in [2.05, 4.69) is 5.10 Å². The Morgan fingerprint density at radius 2 is 2.55 bits per heavy atom. The first kappa shape index (κ1) is 6.82. The fourth-order valence-electron chi connectivity index (χ4n) is 1.06. The lowest BCUT2D eigenvalue weighted by atomic mass is 10.3. The average molecular weight is 153 g/mol. The van der Waals surface area contributed by atoms with Crippen molar-refractivity contribution in [1.82, 2.24) is 9.78 Å². The van der Waals surface area contributed by atoms with E-state index in [0.29, 0.717) is 12.6 Å². The highest BCUT2D eigenvalue weighted by Crippen LogP contribution is 2.15. The van der Waals surface area contributed by atoms with Crippen molar-refractivity contribution in [2.75, 3.05) is 13.2 Å². The maximum atomic E-state index is 5.44. The zero-order chi connectivity index (χ0) is 7.68. The molecule has 0 aliphatic carbocycles. The van der Waals surface area contributed by atoms with E-state index in [1.807, 2.05) is 10.9 Å². The Hall–Kier alpha value is -0.870. The molecule has 2 N–H and O–H groups in total. The molecule has 2 heterocycles. The minimum Gasteiger partial charge on any atom is -0.377 e. The molecule has 0 amide bonds. The van der Waals surface area contributed by atoms with Crippen LogP contribution in [0.2, 0.25) is 0 Å². The lowest BCUT2D eigenvalue weighted by Gasteiger charge is -2.25. The van der Waals surface area contributed by atoms with Crippen LogP contribution in [0.1, 0.15) is 11.6 Å². The summed E-state index contributed by atoms with van der Waals surface area (Å²) >= 11 is 0. The van der Waals surface area contributed by atoms with Crippen molar-refractivity contribution in [1.29, 1.82) is 0 Å². The Morgan fingerprint density at radius 1 is 1.73 bits per heavy atom. The van der Waals surface area contributed by atoms with Crippen LogP contribution in [0.15, 0.2) is 12.4 Å². The monoisotopic (exact) mass is 153 g/mol. The molecule has 0 spiro atoms. The summed E-state index contributed by atoms with van der Waals surface area (Å²) in [5, 5.41) is 4.17. The van der Waals surface area contributed by atoms with Crippen LogP contribution in [0.5, 0.6) is 0 Å². The first-order valence-corrected chi connectivity index (χ1v) is 3.71. The number of hydrogen-bond acceptors (Lipinski definition) is 3. The third kappa shape index (κ3) is 1.15. The van der Waals surface area contributed by atoms with Gasteiger partial charge in [0.05, 0.1) is 25.5 Å². The molecule has 1 aliphatic rings. The minimum absolute atomic E-state index is 0.440. The van der Waals surface area contributed by atoms with Gasteiger partial charge in [-0.25, -0.2) is 0 Å². The Bertz CT molecular complexity index is 242. The van der Waals surface area contributed by atoms with Gasteiger partial charge in [0.15, 0.2) is 0 Å². The average Bonchev–Trinajstić information content (AvgIpc) is 2.32. The van der Waals surface area contributed by atoms with Crippen LogP contribution in [0.25, 0.3) is 0 Å². The topological polar surface area (TPSA) is 53.1 Å². The summed E-state index contributed by atoms with van der Waals surface area (Å²) in [4.78, 5) is 0. The predicted octanol–water partition coefficient (Wildman–Crippen LogP) is -0.0869. The maximum absolute atomic E-state index is 5.44. The highest BCUT2D eigenvalue weighted by Gasteiger charge is 2.20. The lowest BCUT2D eigenvalue weighted by molar-refractivity contribution is -0.0286. The molecule has 1 aromatic rings. The lowest BCUT2D eigenvalue weighted by Crippen LogP contribution is -2.30. The third-order valence-corrected chi connectivity index (χ3v) is 1.89. The molecule has 1 aliphatic heterocycles. The quantitative estimate of drug-likeness (QED) is 0.646. The molecule has 1 aromatic heterocycles. The Kier molecular flexibility index (Phi) is 1.63. The van der Waals surface area contributed by atoms with E-state index >= 15 is 0 Å². The van der Waals surface area contributed by atoms with Crippen molar-refractivity contribution in [3.8, 4) is 0 Å². The van der Waals surface area contributed by atoms with E-state index in [1.54, 1.807) is 6.20 Å². The summed E-state index contributed by atoms with van der Waals surface area (Å²) in [6, 6.07) is 0.440. The smallest absolute Gasteiger partial charge is 0.0985 e. The maximum Gasteiger partial charge on any atom is 0.0985 e. The summed E-state index contributed by atoms with van der Waals surface area (Å²) in [7, 11) is 0. The molecule has 0 bridgehead atoms. The van der Waals surface area contributed by atoms with Gasteiger partial charge < -0.3 is 10.5 Å². The van der Waals surface area contributed by atoms with Gasteiger partial charge in [-0.1, -0.05) is 0 Å². The van der Waals surface area contributed by atoms with E-state index in [9.17, 15) is 0 Å². The zero-order valence-electron chi connectivity index (χ0n) is 6.23. The Balaban J connectivity index is 2.11. The molecule has 1 fully saturated rings. The van der Waals surface area contributed by atoms with Gasteiger partial charge in [0, 0.05) is 18.3 Å². The van der Waals surface area contributed by atoms with Gasteiger partial charge in [-0.3, -0.25) is 4.68 Å². The molecule has 0 aromatic carbocycles. The second-order valence-corrected chi connectivity index (χ2v) is 2.72. The summed E-state index contributed by atoms with van der Waals surface area (Å²) in [5.74, 6) is 0. The van der Waals surface area contributed by atoms with Gasteiger partial charge in [-0.05, 0) is 0 Å². The number of aromatic nitrogens is 2. The van der Waals surface area contributed by atoms with Crippen molar-refractivity contribution in [2.45, 2.75) is 12.6 Å². The molecule has 4 heteroatoms. The molecule has 11 heavy (non-hydrogen) atoms. The van der Waals surface area contributed by atoms with E-state index in [-0.39, 0.29) is 0 Å². The van der Waals surface area contributed by atoms with E-state index in [4.69, 9.17) is 10.5 Å². The van der Waals surface area contributed by atoms with Crippen LogP contribution >= 0.6 is 0 Å². The first-order chi connectivity index (χ1) is 5.40. The summed E-state index contributed by atoms with van der Waals surface area (Å²) in [6.07, 6.45) is 3.78. The van der Waals surface area contributed by atoms with Crippen molar-refractivity contribution in [2.24, 2.45) is 5.73 Å². The van der Waals surface area contributed by atoms with E-state index < -0.39 is 0 Å². The number of rotatable bonds is 2. The van der Waals surface area contributed by atoms with Crippen LogP contribution in [0.3, 0.4) is 0 Å². The predicted molar refractivity (Wildman–Crippen MR) is 40.0 cm³/mol. The molecular formula is C7H11N3O. The van der Waals surface area contributed by atoms with Crippen molar-refractivity contribution in [3.05, 3.63) is 18.0 Å². The fourth-order valence-corrected chi connectivity index (χ4v) is 1.06. The SMILES string of the molecule is NCc1cnn(C2COC2)c1. The molecule has 0 unspecified atom stereocenters. The molecule has 60 valence electrons. The first-order valence-electron chi connectivity index (χ1n) is 3.71. The third-order valence-electron chi connectivity index (χ3n) is 1.89. The largest absolute Gasteiger partial charge is 0.377 e. The molecule has 0 radical (unpaired) electrons. The Morgan fingerprint density at radius 3 is 3.00 bits per heavy atom. The Labute approximate surface area is 64.9 Å². The van der Waals surface area contributed by atoms with Gasteiger partial charge in [0.25, 0.3) is 0 Å². The summed E-state index contributed by atoms with van der Waals surface area (Å²) < 4.78 is 6.96. The molecule has 4 nitrogen and oxygen atoms in total. The van der Waals surface area contributed by atoms with E-state index in [0.717, 1.165) is 18.8 Å². The van der Waals surface area contributed by atoms with Crippen molar-refractivity contribution in [3.63, 3.8) is 0 Å². The molecule has 2 rings (SSSR count).